The molecule has 146 valence electrons. The maximum absolute atomic E-state index is 15.0. The zero-order valence-electron chi connectivity index (χ0n) is 16.4. The molecule has 3 saturated heterocycles. The van der Waals surface area contributed by atoms with Crippen LogP contribution in [0.15, 0.2) is 0 Å². The highest BCUT2D eigenvalue weighted by Gasteiger charge is 2.49. The molecule has 0 aromatic heterocycles. The van der Waals surface area contributed by atoms with Gasteiger partial charge in [0.2, 0.25) is 0 Å². The summed E-state index contributed by atoms with van der Waals surface area (Å²) >= 11 is 0. The SMILES string of the molecule is CC(C)(C)N1CCOC(CC(C)(C)N2CC3CCC(C2)O3)C(F)(F)C1. The predicted molar refractivity (Wildman–Crippen MR) is 94.2 cm³/mol. The van der Waals surface area contributed by atoms with E-state index in [0.717, 1.165) is 25.9 Å². The zero-order valence-corrected chi connectivity index (χ0v) is 16.4. The Morgan fingerprint density at radius 3 is 2.16 bits per heavy atom. The summed E-state index contributed by atoms with van der Waals surface area (Å²) in [6.45, 7) is 12.5. The summed E-state index contributed by atoms with van der Waals surface area (Å²) in [5.41, 5.74) is -0.601. The molecular weight excluding hydrogens is 326 g/mol. The number of hydrogen-bond acceptors (Lipinski definition) is 4. The third kappa shape index (κ3) is 4.34. The summed E-state index contributed by atoms with van der Waals surface area (Å²) in [4.78, 5) is 4.18. The average molecular weight is 360 g/mol. The van der Waals surface area contributed by atoms with Crippen LogP contribution in [0.1, 0.15) is 53.9 Å². The van der Waals surface area contributed by atoms with E-state index < -0.39 is 12.0 Å². The largest absolute Gasteiger partial charge is 0.372 e. The smallest absolute Gasteiger partial charge is 0.286 e. The van der Waals surface area contributed by atoms with Gasteiger partial charge in [-0.1, -0.05) is 0 Å². The Hall–Kier alpha value is -0.300. The molecule has 3 heterocycles. The van der Waals surface area contributed by atoms with Gasteiger partial charge in [0.05, 0.1) is 25.4 Å². The van der Waals surface area contributed by atoms with Crippen molar-refractivity contribution in [3.05, 3.63) is 0 Å². The fraction of sp³-hybridized carbons (Fsp3) is 1.00. The molecule has 0 saturated carbocycles. The number of hydrogen-bond donors (Lipinski definition) is 0. The topological polar surface area (TPSA) is 24.9 Å². The van der Waals surface area contributed by atoms with Gasteiger partial charge in [-0.25, -0.2) is 8.78 Å². The number of alkyl halides is 2. The Balaban J connectivity index is 1.68. The summed E-state index contributed by atoms with van der Waals surface area (Å²) in [7, 11) is 0. The van der Waals surface area contributed by atoms with Gasteiger partial charge in [-0.05, 0) is 53.9 Å². The lowest BCUT2D eigenvalue weighted by molar-refractivity contribution is -0.152. The molecule has 3 aliphatic heterocycles. The van der Waals surface area contributed by atoms with Crippen molar-refractivity contribution in [3.8, 4) is 0 Å². The Morgan fingerprint density at radius 2 is 1.60 bits per heavy atom. The maximum Gasteiger partial charge on any atom is 0.286 e. The molecule has 3 unspecified atom stereocenters. The summed E-state index contributed by atoms with van der Waals surface area (Å²) in [5, 5.41) is 0. The molecule has 6 heteroatoms. The Labute approximate surface area is 150 Å². The van der Waals surface area contributed by atoms with Crippen LogP contribution in [-0.2, 0) is 9.47 Å². The molecule has 3 atom stereocenters. The van der Waals surface area contributed by atoms with Crippen molar-refractivity contribution in [3.63, 3.8) is 0 Å². The van der Waals surface area contributed by atoms with Crippen LogP contribution < -0.4 is 0 Å². The van der Waals surface area contributed by atoms with E-state index in [2.05, 4.69) is 18.7 Å². The Kier molecular flexibility index (Phi) is 5.21. The minimum Gasteiger partial charge on any atom is -0.372 e. The van der Waals surface area contributed by atoms with Gasteiger partial charge < -0.3 is 9.47 Å². The van der Waals surface area contributed by atoms with Gasteiger partial charge in [0.15, 0.2) is 0 Å². The molecule has 25 heavy (non-hydrogen) atoms. The third-order valence-corrected chi connectivity index (χ3v) is 6.09. The number of nitrogens with zero attached hydrogens (tertiary/aromatic N) is 2. The normalized spacial score (nSPS) is 34.9. The van der Waals surface area contributed by atoms with Crippen LogP contribution in [0.4, 0.5) is 8.78 Å². The number of fused-ring (bicyclic) bond motifs is 2. The molecule has 0 amide bonds. The van der Waals surface area contributed by atoms with Crippen LogP contribution in [0.3, 0.4) is 0 Å². The monoisotopic (exact) mass is 360 g/mol. The minimum atomic E-state index is -2.84. The molecule has 4 nitrogen and oxygen atoms in total. The van der Waals surface area contributed by atoms with Gasteiger partial charge in [0, 0.05) is 30.7 Å². The average Bonchev–Trinajstić information content (AvgIpc) is 2.73. The van der Waals surface area contributed by atoms with Crippen molar-refractivity contribution in [2.24, 2.45) is 0 Å². The highest BCUT2D eigenvalue weighted by atomic mass is 19.3. The van der Waals surface area contributed by atoms with Gasteiger partial charge in [-0.3, -0.25) is 9.80 Å². The fourth-order valence-corrected chi connectivity index (χ4v) is 4.34. The van der Waals surface area contributed by atoms with Crippen molar-refractivity contribution in [1.82, 2.24) is 9.80 Å². The van der Waals surface area contributed by atoms with Gasteiger partial charge in [0.1, 0.15) is 6.10 Å². The summed E-state index contributed by atoms with van der Waals surface area (Å²) in [6.07, 6.45) is 2.03. The van der Waals surface area contributed by atoms with E-state index in [1.54, 1.807) is 0 Å². The van der Waals surface area contributed by atoms with Crippen LogP contribution in [0.5, 0.6) is 0 Å². The van der Waals surface area contributed by atoms with E-state index in [0.29, 0.717) is 19.6 Å². The Morgan fingerprint density at radius 1 is 1.00 bits per heavy atom. The van der Waals surface area contributed by atoms with E-state index in [1.165, 1.54) is 0 Å². The van der Waals surface area contributed by atoms with Crippen molar-refractivity contribution in [1.29, 1.82) is 0 Å². The molecule has 3 fully saturated rings. The summed E-state index contributed by atoms with van der Waals surface area (Å²) in [6, 6.07) is 0. The van der Waals surface area contributed by atoms with Crippen molar-refractivity contribution < 1.29 is 18.3 Å². The van der Waals surface area contributed by atoms with Crippen molar-refractivity contribution in [2.45, 2.75) is 89.2 Å². The quantitative estimate of drug-likeness (QED) is 0.772. The first-order chi connectivity index (χ1) is 11.5. The lowest BCUT2D eigenvalue weighted by Gasteiger charge is -2.45. The molecule has 2 bridgehead atoms. The second kappa shape index (κ2) is 6.70. The summed E-state index contributed by atoms with van der Waals surface area (Å²) in [5.74, 6) is -2.84. The highest BCUT2D eigenvalue weighted by Crippen LogP contribution is 2.37. The maximum atomic E-state index is 15.0. The summed E-state index contributed by atoms with van der Waals surface area (Å²) < 4.78 is 41.5. The van der Waals surface area contributed by atoms with Crippen LogP contribution in [0, 0.1) is 0 Å². The van der Waals surface area contributed by atoms with E-state index in [1.807, 2.05) is 25.7 Å². The molecule has 0 aromatic rings. The minimum absolute atomic E-state index is 0.231. The standard InChI is InChI=1S/C19H34F2N2O2/c1-17(2,3)22-8-9-24-16(19(20,21)13-22)10-18(4,5)23-11-14-6-7-15(12-23)25-14/h14-16H,6-13H2,1-5H3. The van der Waals surface area contributed by atoms with Gasteiger partial charge in [-0.15, -0.1) is 0 Å². The van der Waals surface area contributed by atoms with Gasteiger partial charge in [-0.2, -0.15) is 0 Å². The molecule has 0 aliphatic carbocycles. The van der Waals surface area contributed by atoms with E-state index in [9.17, 15) is 8.78 Å². The van der Waals surface area contributed by atoms with Crippen LogP contribution >= 0.6 is 0 Å². The first kappa shape index (κ1) is 19.5. The van der Waals surface area contributed by atoms with Crippen LogP contribution in [0.2, 0.25) is 0 Å². The zero-order chi connectivity index (χ0) is 18.5. The molecule has 3 aliphatic rings. The van der Waals surface area contributed by atoms with Crippen LogP contribution in [0.25, 0.3) is 0 Å². The van der Waals surface area contributed by atoms with E-state index >= 15 is 0 Å². The van der Waals surface area contributed by atoms with Crippen molar-refractivity contribution in [2.75, 3.05) is 32.8 Å². The van der Waals surface area contributed by atoms with E-state index in [-0.39, 0.29) is 29.8 Å². The Bertz CT molecular complexity index is 467. The van der Waals surface area contributed by atoms with Crippen molar-refractivity contribution >= 4 is 0 Å². The fourth-order valence-electron chi connectivity index (χ4n) is 4.34. The first-order valence-electron chi connectivity index (χ1n) is 9.62. The lowest BCUT2D eigenvalue weighted by atomic mass is 9.90. The highest BCUT2D eigenvalue weighted by molar-refractivity contribution is 4.97. The predicted octanol–water partition coefficient (Wildman–Crippen LogP) is 3.15. The van der Waals surface area contributed by atoms with Crippen LogP contribution in [-0.4, -0.2) is 77.9 Å². The van der Waals surface area contributed by atoms with Gasteiger partial charge >= 0.3 is 0 Å². The third-order valence-electron chi connectivity index (χ3n) is 6.09. The number of ether oxygens (including phenoxy) is 2. The second-order valence-corrected chi connectivity index (χ2v) is 9.59. The molecule has 0 N–H and O–H groups in total. The second-order valence-electron chi connectivity index (χ2n) is 9.59. The number of rotatable bonds is 3. The number of likely N-dealkylation sites (tertiary alicyclic amines) is 1. The molecule has 0 aromatic carbocycles. The lowest BCUT2D eigenvalue weighted by Crippen LogP contribution is -2.57. The molecule has 0 radical (unpaired) electrons. The molecular formula is C19H34F2N2O2. The van der Waals surface area contributed by atoms with Gasteiger partial charge in [0.25, 0.3) is 5.92 Å². The molecule has 0 spiro atoms. The number of halogens is 2. The molecule has 3 rings (SSSR count). The number of morpholine rings is 1. The first-order valence-corrected chi connectivity index (χ1v) is 9.62. The van der Waals surface area contributed by atoms with E-state index in [4.69, 9.17) is 9.47 Å².